The molecule has 0 unspecified atom stereocenters. The number of nitrogens with one attached hydrogen (secondary N) is 2. The van der Waals surface area contributed by atoms with Gasteiger partial charge in [0.15, 0.2) is 0 Å². The molecule has 2 heterocycles. The minimum Gasteiger partial charge on any atom is -0.493 e. The lowest BCUT2D eigenvalue weighted by Gasteiger charge is -2.26. The first-order valence-corrected chi connectivity index (χ1v) is 7.99. The predicted octanol–water partition coefficient (Wildman–Crippen LogP) is 2.38. The third-order valence-corrected chi connectivity index (χ3v) is 4.31. The van der Waals surface area contributed by atoms with E-state index in [1.807, 2.05) is 24.3 Å². The van der Waals surface area contributed by atoms with Crippen LogP contribution < -0.4 is 20.9 Å². The molecule has 6 nitrogen and oxygen atoms in total. The first-order chi connectivity index (χ1) is 11.6. The van der Waals surface area contributed by atoms with Crippen LogP contribution in [0.15, 0.2) is 41.3 Å². The molecule has 6 heteroatoms. The van der Waals surface area contributed by atoms with Crippen molar-refractivity contribution < 1.29 is 9.53 Å². The van der Waals surface area contributed by atoms with E-state index in [0.29, 0.717) is 18.8 Å². The van der Waals surface area contributed by atoms with Crippen LogP contribution >= 0.6 is 0 Å². The standard InChI is InChI=1S/C18H21N3O3/c1-12-7-9-21(2)17(22)16(12)20-18(23)19-11-13-8-10-24-15-6-4-3-5-14(13)15/h3-7,9,13H,8,10-11H2,1-2H3,(H2,19,20,23)/t13-/m1/s1. The van der Waals surface area contributed by atoms with Crippen LogP contribution in [0.25, 0.3) is 0 Å². The van der Waals surface area contributed by atoms with Crippen molar-refractivity contribution in [1.82, 2.24) is 9.88 Å². The first-order valence-electron chi connectivity index (χ1n) is 7.99. The zero-order chi connectivity index (χ0) is 17.1. The summed E-state index contributed by atoms with van der Waals surface area (Å²) < 4.78 is 7.07. The van der Waals surface area contributed by atoms with Crippen molar-refractivity contribution in [3.05, 3.63) is 58.0 Å². The predicted molar refractivity (Wildman–Crippen MR) is 92.7 cm³/mol. The molecule has 2 aromatic rings. The zero-order valence-electron chi connectivity index (χ0n) is 13.8. The van der Waals surface area contributed by atoms with Crippen LogP contribution in [0.4, 0.5) is 10.5 Å². The molecule has 1 aliphatic heterocycles. The number of hydrogen-bond acceptors (Lipinski definition) is 3. The molecule has 0 saturated heterocycles. The van der Waals surface area contributed by atoms with E-state index < -0.39 is 0 Å². The summed E-state index contributed by atoms with van der Waals surface area (Å²) in [7, 11) is 1.66. The minimum absolute atomic E-state index is 0.209. The van der Waals surface area contributed by atoms with Crippen molar-refractivity contribution in [3.8, 4) is 5.75 Å². The number of nitrogens with zero attached hydrogens (tertiary/aromatic N) is 1. The Hall–Kier alpha value is -2.76. The van der Waals surface area contributed by atoms with Crippen LogP contribution in [0, 0.1) is 6.92 Å². The van der Waals surface area contributed by atoms with E-state index in [9.17, 15) is 9.59 Å². The number of ether oxygens (including phenoxy) is 1. The molecule has 24 heavy (non-hydrogen) atoms. The second-order valence-electron chi connectivity index (χ2n) is 6.00. The van der Waals surface area contributed by atoms with Crippen LogP contribution in [0.3, 0.4) is 0 Å². The molecule has 0 spiro atoms. The van der Waals surface area contributed by atoms with Gasteiger partial charge in [-0.05, 0) is 36.6 Å². The van der Waals surface area contributed by atoms with Crippen molar-refractivity contribution in [2.24, 2.45) is 7.05 Å². The lowest BCUT2D eigenvalue weighted by atomic mass is 9.93. The van der Waals surface area contributed by atoms with Gasteiger partial charge in [-0.15, -0.1) is 0 Å². The Morgan fingerprint density at radius 2 is 2.12 bits per heavy atom. The summed E-state index contributed by atoms with van der Waals surface area (Å²) in [5.74, 6) is 1.09. The average Bonchev–Trinajstić information content (AvgIpc) is 2.60. The van der Waals surface area contributed by atoms with E-state index in [1.165, 1.54) is 4.57 Å². The lowest BCUT2D eigenvalue weighted by molar-refractivity contribution is 0.245. The van der Waals surface area contributed by atoms with E-state index in [-0.39, 0.29) is 17.5 Å². The highest BCUT2D eigenvalue weighted by Crippen LogP contribution is 2.32. The number of anilines is 1. The average molecular weight is 327 g/mol. The van der Waals surface area contributed by atoms with E-state index >= 15 is 0 Å². The van der Waals surface area contributed by atoms with Crippen molar-refractivity contribution >= 4 is 11.7 Å². The number of amides is 2. The maximum absolute atomic E-state index is 12.2. The minimum atomic E-state index is -0.370. The summed E-state index contributed by atoms with van der Waals surface area (Å²) in [4.78, 5) is 24.3. The lowest BCUT2D eigenvalue weighted by Crippen LogP contribution is -2.36. The smallest absolute Gasteiger partial charge is 0.319 e. The van der Waals surface area contributed by atoms with Gasteiger partial charge in [0, 0.05) is 25.7 Å². The van der Waals surface area contributed by atoms with E-state index in [0.717, 1.165) is 23.3 Å². The molecule has 0 saturated carbocycles. The number of aromatic nitrogens is 1. The number of benzene rings is 1. The van der Waals surface area contributed by atoms with Gasteiger partial charge in [0.2, 0.25) is 0 Å². The summed E-state index contributed by atoms with van der Waals surface area (Å²) in [5, 5.41) is 5.53. The van der Waals surface area contributed by atoms with Gasteiger partial charge in [-0.25, -0.2) is 4.79 Å². The summed E-state index contributed by atoms with van der Waals surface area (Å²) in [6.45, 7) is 2.94. The number of para-hydroxylation sites is 1. The van der Waals surface area contributed by atoms with Crippen LogP contribution in [0.5, 0.6) is 5.75 Å². The van der Waals surface area contributed by atoms with Crippen molar-refractivity contribution in [1.29, 1.82) is 0 Å². The zero-order valence-corrected chi connectivity index (χ0v) is 13.8. The number of carbonyl (C=O) groups is 1. The quantitative estimate of drug-likeness (QED) is 0.909. The fourth-order valence-corrected chi connectivity index (χ4v) is 2.87. The molecular weight excluding hydrogens is 306 g/mol. The van der Waals surface area contributed by atoms with E-state index in [1.54, 1.807) is 26.2 Å². The van der Waals surface area contributed by atoms with Crippen molar-refractivity contribution in [2.45, 2.75) is 19.3 Å². The van der Waals surface area contributed by atoms with Crippen LogP contribution in [0.1, 0.15) is 23.5 Å². The molecule has 2 N–H and O–H groups in total. The summed E-state index contributed by atoms with van der Waals surface area (Å²) >= 11 is 0. The normalized spacial score (nSPS) is 16.0. The van der Waals surface area contributed by atoms with Gasteiger partial charge in [-0.3, -0.25) is 4.79 Å². The Morgan fingerprint density at radius 1 is 1.33 bits per heavy atom. The first kappa shape index (κ1) is 16.1. The van der Waals surface area contributed by atoms with Gasteiger partial charge in [0.05, 0.1) is 6.61 Å². The number of urea groups is 1. The number of aryl methyl sites for hydroxylation is 2. The SMILES string of the molecule is Cc1ccn(C)c(=O)c1NC(=O)NC[C@H]1CCOc2ccccc21. The molecule has 0 aliphatic carbocycles. The molecule has 0 radical (unpaired) electrons. The number of hydrogen-bond donors (Lipinski definition) is 2. The number of fused-ring (bicyclic) bond motifs is 1. The highest BCUT2D eigenvalue weighted by atomic mass is 16.5. The van der Waals surface area contributed by atoms with Gasteiger partial charge in [-0.2, -0.15) is 0 Å². The Kier molecular flexibility index (Phi) is 4.55. The molecule has 0 fully saturated rings. The van der Waals surface area contributed by atoms with E-state index in [2.05, 4.69) is 10.6 Å². The summed E-state index contributed by atoms with van der Waals surface area (Å²) in [6, 6.07) is 9.30. The molecular formula is C18H21N3O3. The molecule has 126 valence electrons. The third-order valence-electron chi connectivity index (χ3n) is 4.31. The fraction of sp³-hybridized carbons (Fsp3) is 0.333. The second kappa shape index (κ2) is 6.78. The van der Waals surface area contributed by atoms with Gasteiger partial charge in [0.1, 0.15) is 11.4 Å². The van der Waals surface area contributed by atoms with E-state index in [4.69, 9.17) is 4.74 Å². The molecule has 1 aromatic heterocycles. The molecule has 3 rings (SSSR count). The summed E-state index contributed by atoms with van der Waals surface area (Å²) in [6.07, 6.45) is 2.53. The highest BCUT2D eigenvalue weighted by molar-refractivity contribution is 5.89. The maximum Gasteiger partial charge on any atom is 0.319 e. The Bertz CT molecular complexity index is 813. The maximum atomic E-state index is 12.2. The fourth-order valence-electron chi connectivity index (χ4n) is 2.87. The molecule has 1 atom stereocenters. The van der Waals surface area contributed by atoms with Crippen LogP contribution in [-0.4, -0.2) is 23.7 Å². The monoisotopic (exact) mass is 327 g/mol. The molecule has 2 amide bonds. The molecule has 1 aliphatic rings. The Labute approximate surface area is 140 Å². The number of carbonyl (C=O) groups excluding carboxylic acids is 1. The largest absolute Gasteiger partial charge is 0.493 e. The Balaban J connectivity index is 1.65. The van der Waals surface area contributed by atoms with Crippen molar-refractivity contribution in [3.63, 3.8) is 0 Å². The van der Waals surface area contributed by atoms with Crippen molar-refractivity contribution in [2.75, 3.05) is 18.5 Å². The topological polar surface area (TPSA) is 72.4 Å². The second-order valence-corrected chi connectivity index (χ2v) is 6.00. The Morgan fingerprint density at radius 3 is 2.96 bits per heavy atom. The number of pyridine rings is 1. The van der Waals surface area contributed by atoms with Gasteiger partial charge < -0.3 is 19.9 Å². The molecule has 0 bridgehead atoms. The summed E-state index contributed by atoms with van der Waals surface area (Å²) in [5.41, 5.74) is 1.94. The third kappa shape index (κ3) is 3.27. The van der Waals surface area contributed by atoms with Gasteiger partial charge in [-0.1, -0.05) is 18.2 Å². The van der Waals surface area contributed by atoms with Gasteiger partial charge >= 0.3 is 6.03 Å². The number of rotatable bonds is 3. The van der Waals surface area contributed by atoms with Gasteiger partial charge in [0.25, 0.3) is 5.56 Å². The highest BCUT2D eigenvalue weighted by Gasteiger charge is 2.21. The van der Waals surface area contributed by atoms with Crippen LogP contribution in [-0.2, 0) is 7.05 Å². The van der Waals surface area contributed by atoms with Crippen LogP contribution in [0.2, 0.25) is 0 Å². The molecule has 1 aromatic carbocycles.